The monoisotopic (exact) mass is 224 g/mol. The highest BCUT2D eigenvalue weighted by Gasteiger charge is 2.27. The van der Waals surface area contributed by atoms with Crippen LogP contribution in [0.3, 0.4) is 0 Å². The molecule has 1 fully saturated rings. The molecule has 1 heterocycles. The molecule has 0 spiro atoms. The summed E-state index contributed by atoms with van der Waals surface area (Å²) in [7, 11) is 0. The third kappa shape index (κ3) is 4.54. The van der Waals surface area contributed by atoms with Crippen LogP contribution in [0.4, 0.5) is 0 Å². The molecule has 1 aliphatic rings. The first kappa shape index (κ1) is 13.5. The van der Waals surface area contributed by atoms with Crippen LogP contribution in [0.15, 0.2) is 4.99 Å². The smallest absolute Gasteiger partial charge is 0.0856 e. The van der Waals surface area contributed by atoms with Gasteiger partial charge in [-0.1, -0.05) is 20.8 Å². The minimum Gasteiger partial charge on any atom is -0.363 e. The van der Waals surface area contributed by atoms with Crippen molar-refractivity contribution in [3.8, 4) is 0 Å². The molecule has 0 bridgehead atoms. The molecule has 0 saturated carbocycles. The lowest BCUT2D eigenvalue weighted by molar-refractivity contribution is 0.151. The van der Waals surface area contributed by atoms with E-state index in [0.29, 0.717) is 5.41 Å². The molecule has 0 radical (unpaired) electrons. The third-order valence-electron chi connectivity index (χ3n) is 3.36. The fourth-order valence-corrected chi connectivity index (χ4v) is 2.14. The molecule has 0 amide bonds. The Morgan fingerprint density at radius 2 is 1.50 bits per heavy atom. The van der Waals surface area contributed by atoms with Crippen molar-refractivity contribution in [3.63, 3.8) is 0 Å². The molecule has 0 N–H and O–H groups in total. The van der Waals surface area contributed by atoms with Crippen molar-refractivity contribution < 1.29 is 0 Å². The van der Waals surface area contributed by atoms with Gasteiger partial charge in [-0.05, 0) is 44.9 Å². The average molecular weight is 224 g/mol. The van der Waals surface area contributed by atoms with Crippen molar-refractivity contribution in [1.29, 1.82) is 0 Å². The molecule has 1 aliphatic heterocycles. The molecule has 16 heavy (non-hydrogen) atoms. The highest BCUT2D eigenvalue weighted by molar-refractivity contribution is 5.55. The van der Waals surface area contributed by atoms with Gasteiger partial charge in [0.25, 0.3) is 0 Å². The lowest BCUT2D eigenvalue weighted by Crippen LogP contribution is -2.37. The highest BCUT2D eigenvalue weighted by atomic mass is 15.2. The zero-order valence-electron chi connectivity index (χ0n) is 11.9. The number of hydrogen-bond donors (Lipinski definition) is 0. The van der Waals surface area contributed by atoms with Crippen LogP contribution in [0.1, 0.15) is 54.4 Å². The molecule has 2 nitrogen and oxygen atoms in total. The topological polar surface area (TPSA) is 15.6 Å². The summed E-state index contributed by atoms with van der Waals surface area (Å²) in [6.07, 6.45) is 4.66. The number of likely N-dealkylation sites (tertiary alicyclic amines) is 1. The Kier molecular flexibility index (Phi) is 4.03. The molecule has 0 aromatic heterocycles. The first-order valence-electron chi connectivity index (χ1n) is 6.48. The van der Waals surface area contributed by atoms with Crippen molar-refractivity contribution in [2.75, 3.05) is 13.1 Å². The standard InChI is InChI=1S/C14H28N2/c1-13(2,3)12-7-9-16(10-8-12)11-15-14(4,5)6/h11-12H,7-10H2,1-6H3. The van der Waals surface area contributed by atoms with E-state index in [1.54, 1.807) is 0 Å². The lowest BCUT2D eigenvalue weighted by atomic mass is 9.75. The van der Waals surface area contributed by atoms with Gasteiger partial charge in [0.15, 0.2) is 0 Å². The molecule has 2 heteroatoms. The summed E-state index contributed by atoms with van der Waals surface area (Å²) in [5.74, 6) is 0.867. The summed E-state index contributed by atoms with van der Waals surface area (Å²) in [6, 6.07) is 0. The van der Waals surface area contributed by atoms with Gasteiger partial charge in [0.2, 0.25) is 0 Å². The van der Waals surface area contributed by atoms with Gasteiger partial charge in [0, 0.05) is 13.1 Å². The summed E-state index contributed by atoms with van der Waals surface area (Å²) in [4.78, 5) is 6.94. The largest absolute Gasteiger partial charge is 0.363 e. The van der Waals surface area contributed by atoms with Crippen LogP contribution in [0.2, 0.25) is 0 Å². The Morgan fingerprint density at radius 1 is 1.00 bits per heavy atom. The Hall–Kier alpha value is -0.530. The van der Waals surface area contributed by atoms with Crippen LogP contribution in [0.5, 0.6) is 0 Å². The van der Waals surface area contributed by atoms with E-state index in [1.807, 2.05) is 0 Å². The minimum absolute atomic E-state index is 0.0564. The van der Waals surface area contributed by atoms with E-state index in [0.717, 1.165) is 5.92 Å². The second kappa shape index (κ2) is 4.77. The van der Waals surface area contributed by atoms with Crippen molar-refractivity contribution in [3.05, 3.63) is 0 Å². The number of aliphatic imine (C=N–C) groups is 1. The first-order valence-corrected chi connectivity index (χ1v) is 6.48. The van der Waals surface area contributed by atoms with Crippen LogP contribution in [0, 0.1) is 11.3 Å². The van der Waals surface area contributed by atoms with Crippen LogP contribution in [-0.4, -0.2) is 29.9 Å². The Morgan fingerprint density at radius 3 is 1.88 bits per heavy atom. The zero-order valence-corrected chi connectivity index (χ0v) is 11.9. The molecule has 1 saturated heterocycles. The van der Waals surface area contributed by atoms with Crippen LogP contribution in [-0.2, 0) is 0 Å². The highest BCUT2D eigenvalue weighted by Crippen LogP contribution is 2.33. The fraction of sp³-hybridized carbons (Fsp3) is 0.929. The van der Waals surface area contributed by atoms with Crippen molar-refractivity contribution in [2.24, 2.45) is 16.3 Å². The normalized spacial score (nSPS) is 20.8. The fourth-order valence-electron chi connectivity index (χ4n) is 2.14. The molecule has 0 atom stereocenters. The quantitative estimate of drug-likeness (QED) is 0.491. The summed E-state index contributed by atoms with van der Waals surface area (Å²) < 4.78 is 0. The van der Waals surface area contributed by atoms with Gasteiger partial charge in [0.1, 0.15) is 0 Å². The summed E-state index contributed by atoms with van der Waals surface area (Å²) >= 11 is 0. The van der Waals surface area contributed by atoms with Crippen LogP contribution >= 0.6 is 0 Å². The number of hydrogen-bond acceptors (Lipinski definition) is 1. The molecule has 0 aromatic rings. The third-order valence-corrected chi connectivity index (χ3v) is 3.36. The van der Waals surface area contributed by atoms with E-state index in [-0.39, 0.29) is 5.54 Å². The molecule has 0 aromatic carbocycles. The minimum atomic E-state index is 0.0564. The van der Waals surface area contributed by atoms with E-state index in [2.05, 4.69) is 57.8 Å². The van der Waals surface area contributed by atoms with Gasteiger partial charge in [-0.2, -0.15) is 0 Å². The number of piperidine rings is 1. The van der Waals surface area contributed by atoms with Gasteiger partial charge in [-0.15, -0.1) is 0 Å². The van der Waals surface area contributed by atoms with E-state index in [4.69, 9.17) is 0 Å². The summed E-state index contributed by atoms with van der Waals surface area (Å²) in [5, 5.41) is 0. The predicted octanol–water partition coefficient (Wildman–Crippen LogP) is 3.57. The van der Waals surface area contributed by atoms with E-state index >= 15 is 0 Å². The number of nitrogens with zero attached hydrogens (tertiary/aromatic N) is 2. The second-order valence-electron chi connectivity index (χ2n) is 7.09. The molecule has 0 unspecified atom stereocenters. The van der Waals surface area contributed by atoms with Gasteiger partial charge in [-0.25, -0.2) is 0 Å². The average Bonchev–Trinajstić information content (AvgIpc) is 2.13. The van der Waals surface area contributed by atoms with Gasteiger partial charge in [0.05, 0.1) is 11.9 Å². The SMILES string of the molecule is CC(C)(C)N=CN1CCC(C(C)(C)C)CC1. The Balaban J connectivity index is 2.41. The van der Waals surface area contributed by atoms with Crippen LogP contribution in [0.25, 0.3) is 0 Å². The molecular weight excluding hydrogens is 196 g/mol. The van der Waals surface area contributed by atoms with Gasteiger partial charge < -0.3 is 4.90 Å². The maximum absolute atomic E-state index is 4.57. The van der Waals surface area contributed by atoms with Gasteiger partial charge in [-0.3, -0.25) is 4.99 Å². The van der Waals surface area contributed by atoms with E-state index < -0.39 is 0 Å². The lowest BCUT2D eigenvalue weighted by Gasteiger charge is -2.38. The molecule has 1 rings (SSSR count). The zero-order chi connectivity index (χ0) is 12.4. The second-order valence-corrected chi connectivity index (χ2v) is 7.09. The maximum Gasteiger partial charge on any atom is 0.0856 e. The van der Waals surface area contributed by atoms with Gasteiger partial charge >= 0.3 is 0 Å². The molecular formula is C14H28N2. The first-order chi connectivity index (χ1) is 7.18. The molecule has 0 aliphatic carbocycles. The van der Waals surface area contributed by atoms with Crippen molar-refractivity contribution in [1.82, 2.24) is 4.90 Å². The van der Waals surface area contributed by atoms with E-state index in [9.17, 15) is 0 Å². The summed E-state index contributed by atoms with van der Waals surface area (Å²) in [6.45, 7) is 15.8. The molecule has 94 valence electrons. The van der Waals surface area contributed by atoms with Crippen LogP contribution < -0.4 is 0 Å². The number of rotatable bonds is 1. The van der Waals surface area contributed by atoms with Crippen molar-refractivity contribution in [2.45, 2.75) is 59.9 Å². The maximum atomic E-state index is 4.57. The predicted molar refractivity (Wildman–Crippen MR) is 72.0 cm³/mol. The Labute approximate surface area is 101 Å². The summed E-state index contributed by atoms with van der Waals surface area (Å²) in [5.41, 5.74) is 0.522. The van der Waals surface area contributed by atoms with E-state index in [1.165, 1.54) is 25.9 Å². The van der Waals surface area contributed by atoms with Crippen molar-refractivity contribution >= 4 is 6.34 Å². The Bertz CT molecular complexity index is 234.